The third kappa shape index (κ3) is 4.87. The Hall–Kier alpha value is -2.24. The minimum Gasteiger partial charge on any atom is -0.497 e. The molecule has 0 aliphatic rings. The van der Waals surface area contributed by atoms with Crippen LogP contribution in [0.2, 0.25) is 10.0 Å². The van der Waals surface area contributed by atoms with Gasteiger partial charge in [-0.3, -0.25) is 9.59 Å². The summed E-state index contributed by atoms with van der Waals surface area (Å²) in [5.41, 5.74) is 0.754. The van der Waals surface area contributed by atoms with Crippen molar-refractivity contribution in [1.82, 2.24) is 0 Å². The van der Waals surface area contributed by atoms with Crippen LogP contribution in [0, 0.1) is 0 Å². The van der Waals surface area contributed by atoms with Crippen LogP contribution in [0.1, 0.15) is 10.4 Å². The van der Waals surface area contributed by atoms with Crippen LogP contribution in [-0.2, 0) is 4.79 Å². The van der Waals surface area contributed by atoms with Crippen LogP contribution < -0.4 is 14.8 Å². The molecule has 0 heterocycles. The molecule has 1 N–H and O–H groups in total. The maximum Gasteiger partial charge on any atom is 0.262 e. The Bertz CT molecular complexity index is 714. The Labute approximate surface area is 143 Å². The number of carbonyl (C=O) groups is 2. The standard InChI is InChI=1S/C16H13Cl2NO4/c1-22-14-2-3-15(10(4-14)8-20)23-9-16(21)19-13-6-11(17)5-12(18)7-13/h2-8H,9H2,1H3,(H,19,21). The van der Waals surface area contributed by atoms with Crippen LogP contribution in [-0.4, -0.2) is 25.9 Å². The summed E-state index contributed by atoms with van der Waals surface area (Å²) < 4.78 is 10.4. The lowest BCUT2D eigenvalue weighted by Crippen LogP contribution is -2.20. The predicted molar refractivity (Wildman–Crippen MR) is 89.0 cm³/mol. The molecular weight excluding hydrogens is 341 g/mol. The number of ether oxygens (including phenoxy) is 2. The van der Waals surface area contributed by atoms with Gasteiger partial charge in [-0.15, -0.1) is 0 Å². The number of hydrogen-bond acceptors (Lipinski definition) is 4. The summed E-state index contributed by atoms with van der Waals surface area (Å²) >= 11 is 11.7. The lowest BCUT2D eigenvalue weighted by molar-refractivity contribution is -0.118. The molecule has 2 rings (SSSR count). The maximum absolute atomic E-state index is 11.9. The summed E-state index contributed by atoms with van der Waals surface area (Å²) in [6, 6.07) is 9.41. The fourth-order valence-corrected chi connectivity index (χ4v) is 2.37. The number of hydrogen-bond donors (Lipinski definition) is 1. The second kappa shape index (κ2) is 7.85. The normalized spacial score (nSPS) is 10.0. The van der Waals surface area contributed by atoms with E-state index in [9.17, 15) is 9.59 Å². The third-order valence-electron chi connectivity index (χ3n) is 2.85. The SMILES string of the molecule is COc1ccc(OCC(=O)Nc2cc(Cl)cc(Cl)c2)c(C=O)c1. The van der Waals surface area contributed by atoms with Crippen molar-refractivity contribution in [3.8, 4) is 11.5 Å². The highest BCUT2D eigenvalue weighted by Crippen LogP contribution is 2.24. The Morgan fingerprint density at radius 2 is 1.87 bits per heavy atom. The third-order valence-corrected chi connectivity index (χ3v) is 3.29. The maximum atomic E-state index is 11.9. The molecule has 0 aliphatic carbocycles. The molecule has 7 heteroatoms. The van der Waals surface area contributed by atoms with Gasteiger partial charge in [-0.2, -0.15) is 0 Å². The summed E-state index contributed by atoms with van der Waals surface area (Å²) in [4.78, 5) is 22.9. The molecule has 0 saturated heterocycles. The van der Waals surface area contributed by atoms with Gasteiger partial charge in [0.2, 0.25) is 0 Å². The minimum atomic E-state index is -0.406. The molecule has 0 atom stereocenters. The highest BCUT2D eigenvalue weighted by Gasteiger charge is 2.09. The Balaban J connectivity index is 2.00. The molecule has 0 spiro atoms. The average molecular weight is 354 g/mol. The first-order valence-electron chi connectivity index (χ1n) is 6.54. The number of methoxy groups -OCH3 is 1. The van der Waals surface area contributed by atoms with Crippen molar-refractivity contribution in [3.63, 3.8) is 0 Å². The van der Waals surface area contributed by atoms with E-state index in [1.165, 1.54) is 13.2 Å². The Morgan fingerprint density at radius 3 is 2.48 bits per heavy atom. The minimum absolute atomic E-state index is 0.267. The summed E-state index contributed by atoms with van der Waals surface area (Å²) in [6.07, 6.45) is 0.631. The van der Waals surface area contributed by atoms with Crippen molar-refractivity contribution in [2.45, 2.75) is 0 Å². The van der Waals surface area contributed by atoms with Crippen molar-refractivity contribution >= 4 is 41.1 Å². The zero-order valence-electron chi connectivity index (χ0n) is 12.1. The van der Waals surface area contributed by atoms with Gasteiger partial charge in [0.1, 0.15) is 11.5 Å². The van der Waals surface area contributed by atoms with Crippen molar-refractivity contribution in [2.24, 2.45) is 0 Å². The smallest absolute Gasteiger partial charge is 0.262 e. The summed E-state index contributed by atoms with van der Waals surface area (Å²) in [5.74, 6) is 0.411. The number of benzene rings is 2. The van der Waals surface area contributed by atoms with Gasteiger partial charge in [-0.25, -0.2) is 0 Å². The molecule has 0 radical (unpaired) electrons. The highest BCUT2D eigenvalue weighted by molar-refractivity contribution is 6.35. The molecule has 0 saturated carbocycles. The molecule has 5 nitrogen and oxygen atoms in total. The molecule has 120 valence electrons. The first kappa shape index (κ1) is 17.1. The molecule has 0 aromatic heterocycles. The monoisotopic (exact) mass is 353 g/mol. The highest BCUT2D eigenvalue weighted by atomic mass is 35.5. The fraction of sp³-hybridized carbons (Fsp3) is 0.125. The summed E-state index contributed by atoms with van der Waals surface area (Å²) in [6.45, 7) is -0.267. The number of halogens is 2. The molecule has 0 aliphatic heterocycles. The second-order valence-corrected chi connectivity index (χ2v) is 5.39. The number of rotatable bonds is 6. The van der Waals surface area contributed by atoms with Gasteiger partial charge in [0.25, 0.3) is 5.91 Å². The zero-order valence-corrected chi connectivity index (χ0v) is 13.6. The second-order valence-electron chi connectivity index (χ2n) is 4.52. The van der Waals surface area contributed by atoms with E-state index >= 15 is 0 Å². The number of anilines is 1. The van der Waals surface area contributed by atoms with E-state index in [-0.39, 0.29) is 6.61 Å². The van der Waals surface area contributed by atoms with Gasteiger partial charge in [0, 0.05) is 15.7 Å². The number of amides is 1. The quantitative estimate of drug-likeness (QED) is 0.801. The molecule has 0 unspecified atom stereocenters. The van der Waals surface area contributed by atoms with Crippen LogP contribution in [0.4, 0.5) is 5.69 Å². The topological polar surface area (TPSA) is 64.6 Å². The first-order chi connectivity index (χ1) is 11.0. The fourth-order valence-electron chi connectivity index (χ4n) is 1.84. The molecule has 1 amide bonds. The van der Waals surface area contributed by atoms with Gasteiger partial charge in [0.05, 0.1) is 12.7 Å². The van der Waals surface area contributed by atoms with Crippen molar-refractivity contribution < 1.29 is 19.1 Å². The van der Waals surface area contributed by atoms with Crippen molar-refractivity contribution in [2.75, 3.05) is 19.0 Å². The molecular formula is C16H13Cl2NO4. The van der Waals surface area contributed by atoms with Crippen LogP contribution in [0.3, 0.4) is 0 Å². The van der Waals surface area contributed by atoms with E-state index in [0.717, 1.165) is 0 Å². The lowest BCUT2D eigenvalue weighted by Gasteiger charge is -2.10. The van der Waals surface area contributed by atoms with E-state index in [1.54, 1.807) is 30.3 Å². The Kier molecular flexibility index (Phi) is 5.84. The van der Waals surface area contributed by atoms with Gasteiger partial charge in [-0.05, 0) is 36.4 Å². The van der Waals surface area contributed by atoms with Crippen LogP contribution in [0.5, 0.6) is 11.5 Å². The van der Waals surface area contributed by atoms with E-state index in [1.807, 2.05) is 0 Å². The first-order valence-corrected chi connectivity index (χ1v) is 7.29. The van der Waals surface area contributed by atoms with E-state index in [4.69, 9.17) is 32.7 Å². The van der Waals surface area contributed by atoms with E-state index in [0.29, 0.717) is 39.1 Å². The van der Waals surface area contributed by atoms with Crippen LogP contribution >= 0.6 is 23.2 Å². The average Bonchev–Trinajstić information content (AvgIpc) is 2.51. The van der Waals surface area contributed by atoms with Gasteiger partial charge < -0.3 is 14.8 Å². The number of nitrogens with one attached hydrogen (secondary N) is 1. The van der Waals surface area contributed by atoms with Gasteiger partial charge in [-0.1, -0.05) is 23.2 Å². The molecule has 2 aromatic rings. The number of aldehydes is 1. The molecule has 0 fully saturated rings. The van der Waals surface area contributed by atoms with Crippen molar-refractivity contribution in [1.29, 1.82) is 0 Å². The Morgan fingerprint density at radius 1 is 1.17 bits per heavy atom. The predicted octanol–water partition coefficient (Wildman–Crippen LogP) is 3.83. The van der Waals surface area contributed by atoms with Crippen molar-refractivity contribution in [3.05, 3.63) is 52.0 Å². The molecule has 23 heavy (non-hydrogen) atoms. The zero-order chi connectivity index (χ0) is 16.8. The molecule has 2 aromatic carbocycles. The summed E-state index contributed by atoms with van der Waals surface area (Å²) in [7, 11) is 1.49. The van der Waals surface area contributed by atoms with Crippen LogP contribution in [0.25, 0.3) is 0 Å². The van der Waals surface area contributed by atoms with E-state index in [2.05, 4.69) is 5.32 Å². The van der Waals surface area contributed by atoms with Gasteiger partial charge in [0.15, 0.2) is 12.9 Å². The lowest BCUT2D eigenvalue weighted by atomic mass is 10.2. The largest absolute Gasteiger partial charge is 0.497 e. The van der Waals surface area contributed by atoms with Crippen LogP contribution in [0.15, 0.2) is 36.4 Å². The summed E-state index contributed by atoms with van der Waals surface area (Å²) in [5, 5.41) is 3.43. The number of carbonyl (C=O) groups excluding carboxylic acids is 2. The van der Waals surface area contributed by atoms with Gasteiger partial charge >= 0.3 is 0 Å². The molecule has 0 bridgehead atoms. The van der Waals surface area contributed by atoms with E-state index < -0.39 is 5.91 Å².